The normalized spacial score (nSPS) is 10.8. The van der Waals surface area contributed by atoms with E-state index in [4.69, 9.17) is 18.3 Å². The van der Waals surface area contributed by atoms with Crippen molar-refractivity contribution in [2.45, 2.75) is 6.92 Å². The highest BCUT2D eigenvalue weighted by molar-refractivity contribution is 7.15. The highest BCUT2D eigenvalue weighted by Gasteiger charge is 2.24. The van der Waals surface area contributed by atoms with E-state index in [0.717, 1.165) is 17.4 Å². The summed E-state index contributed by atoms with van der Waals surface area (Å²) in [6.45, 7) is 1.35. The molecule has 0 aliphatic carbocycles. The van der Waals surface area contributed by atoms with E-state index in [1.807, 2.05) is 0 Å². The second-order valence-corrected chi connectivity index (χ2v) is 6.44. The lowest BCUT2D eigenvalue weighted by Gasteiger charge is -2.08. The summed E-state index contributed by atoms with van der Waals surface area (Å²) in [6, 6.07) is 6.73. The van der Waals surface area contributed by atoms with Gasteiger partial charge in [-0.3, -0.25) is 4.79 Å². The molecule has 1 amide bonds. The molecule has 0 atom stereocenters. The number of anilines is 1. The molecule has 0 fully saturated rings. The third-order valence-electron chi connectivity index (χ3n) is 3.58. The van der Waals surface area contributed by atoms with Gasteiger partial charge in [-0.1, -0.05) is 0 Å². The van der Waals surface area contributed by atoms with Gasteiger partial charge in [0, 0.05) is 17.0 Å². The van der Waals surface area contributed by atoms with Crippen LogP contribution in [0, 0.1) is 0 Å². The quantitative estimate of drug-likeness (QED) is 0.438. The van der Waals surface area contributed by atoms with Gasteiger partial charge in [0.15, 0.2) is 6.61 Å². The zero-order valence-corrected chi connectivity index (χ0v) is 16.2. The number of carbonyl (C=O) groups excluding carboxylic acids is 3. The molecule has 0 saturated heterocycles. The first-order valence-corrected chi connectivity index (χ1v) is 9.47. The predicted molar refractivity (Wildman–Crippen MR) is 105 cm³/mol. The summed E-state index contributed by atoms with van der Waals surface area (Å²) in [4.78, 5) is 36.3. The second-order valence-electron chi connectivity index (χ2n) is 5.56. The van der Waals surface area contributed by atoms with Crippen molar-refractivity contribution in [1.82, 2.24) is 0 Å². The van der Waals surface area contributed by atoms with Gasteiger partial charge in [-0.25, -0.2) is 9.59 Å². The molecule has 29 heavy (non-hydrogen) atoms. The number of thiophene rings is 1. The number of carbonyl (C=O) groups is 3. The van der Waals surface area contributed by atoms with E-state index in [1.54, 1.807) is 36.6 Å². The summed E-state index contributed by atoms with van der Waals surface area (Å²) in [5.41, 5.74) is 0.691. The lowest BCUT2D eigenvalue weighted by molar-refractivity contribution is -0.142. The first-order chi connectivity index (χ1) is 14.1. The lowest BCUT2D eigenvalue weighted by Crippen LogP contribution is -2.21. The van der Waals surface area contributed by atoms with E-state index in [0.29, 0.717) is 17.1 Å². The van der Waals surface area contributed by atoms with Crippen LogP contribution in [0.1, 0.15) is 23.0 Å². The zero-order chi connectivity index (χ0) is 20.6. The van der Waals surface area contributed by atoms with Crippen LogP contribution in [-0.2, 0) is 19.1 Å². The number of esters is 2. The van der Waals surface area contributed by atoms with E-state index in [1.165, 1.54) is 18.6 Å². The molecule has 3 aromatic heterocycles. The average molecular weight is 415 g/mol. The van der Waals surface area contributed by atoms with Gasteiger partial charge < -0.3 is 23.6 Å². The van der Waals surface area contributed by atoms with Crippen molar-refractivity contribution in [2.75, 3.05) is 18.5 Å². The molecular weight excluding hydrogens is 398 g/mol. The van der Waals surface area contributed by atoms with Crippen molar-refractivity contribution in [3.05, 3.63) is 59.6 Å². The molecule has 0 spiro atoms. The Morgan fingerprint density at radius 1 is 1.14 bits per heavy atom. The van der Waals surface area contributed by atoms with Gasteiger partial charge >= 0.3 is 11.9 Å². The Bertz CT molecular complexity index is 1000. The smallest absolute Gasteiger partial charge is 0.341 e. The summed E-state index contributed by atoms with van der Waals surface area (Å²) in [5, 5.41) is 4.53. The van der Waals surface area contributed by atoms with Gasteiger partial charge in [-0.15, -0.1) is 11.3 Å². The average Bonchev–Trinajstić information content (AvgIpc) is 3.46. The van der Waals surface area contributed by atoms with Gasteiger partial charge in [0.25, 0.3) is 5.91 Å². The van der Waals surface area contributed by atoms with Gasteiger partial charge in [-0.2, -0.15) is 0 Å². The van der Waals surface area contributed by atoms with E-state index in [-0.39, 0.29) is 17.2 Å². The van der Waals surface area contributed by atoms with Crippen molar-refractivity contribution in [2.24, 2.45) is 0 Å². The Kier molecular flexibility index (Phi) is 6.64. The Labute approximate surface area is 169 Å². The minimum atomic E-state index is -0.704. The van der Waals surface area contributed by atoms with E-state index in [9.17, 15) is 14.4 Å². The van der Waals surface area contributed by atoms with Gasteiger partial charge in [0.1, 0.15) is 22.1 Å². The molecule has 3 aromatic rings. The molecule has 0 saturated carbocycles. The maximum atomic E-state index is 12.4. The van der Waals surface area contributed by atoms with Crippen LogP contribution in [0.5, 0.6) is 0 Å². The number of nitrogens with one attached hydrogen (secondary N) is 1. The molecule has 150 valence electrons. The number of rotatable bonds is 8. The highest BCUT2D eigenvalue weighted by atomic mass is 32.1. The van der Waals surface area contributed by atoms with Crippen LogP contribution < -0.4 is 5.32 Å². The standard InChI is InChI=1S/C20H17NO7S/c1-2-25-20(24)18-14(15-6-4-10-27-15)12-29-19(18)21-16(22)11-28-17(23)8-7-13-5-3-9-26-13/h3-10,12H,2,11H2,1H3,(H,21,22)/b8-7+. The lowest BCUT2D eigenvalue weighted by atomic mass is 10.1. The molecule has 9 heteroatoms. The predicted octanol–water partition coefficient (Wildman–Crippen LogP) is 3.97. The Balaban J connectivity index is 1.65. The van der Waals surface area contributed by atoms with Gasteiger partial charge in [-0.05, 0) is 37.3 Å². The van der Waals surface area contributed by atoms with Crippen molar-refractivity contribution in [1.29, 1.82) is 0 Å². The first kappa shape index (κ1) is 20.2. The largest absolute Gasteiger partial charge is 0.465 e. The molecule has 0 aromatic carbocycles. The van der Waals surface area contributed by atoms with Crippen molar-refractivity contribution >= 4 is 40.3 Å². The summed E-state index contributed by atoms with van der Waals surface area (Å²) < 4.78 is 20.4. The van der Waals surface area contributed by atoms with E-state index in [2.05, 4.69) is 5.32 Å². The SMILES string of the molecule is CCOC(=O)c1c(-c2ccco2)csc1NC(=O)COC(=O)/C=C/c1ccco1. The van der Waals surface area contributed by atoms with Crippen LogP contribution in [0.4, 0.5) is 5.00 Å². The molecule has 0 unspecified atom stereocenters. The summed E-state index contributed by atoms with van der Waals surface area (Å²) in [7, 11) is 0. The molecule has 0 aliphatic heterocycles. The minimum Gasteiger partial charge on any atom is -0.465 e. The minimum absolute atomic E-state index is 0.180. The molecule has 3 rings (SSSR count). The topological polar surface area (TPSA) is 108 Å². The fraction of sp³-hybridized carbons (Fsp3) is 0.150. The van der Waals surface area contributed by atoms with Crippen LogP contribution >= 0.6 is 11.3 Å². The molecule has 3 heterocycles. The van der Waals surface area contributed by atoms with Crippen LogP contribution in [0.3, 0.4) is 0 Å². The molecule has 0 radical (unpaired) electrons. The van der Waals surface area contributed by atoms with Crippen molar-refractivity contribution in [3.63, 3.8) is 0 Å². The number of hydrogen-bond acceptors (Lipinski definition) is 8. The Morgan fingerprint density at radius 2 is 1.93 bits per heavy atom. The van der Waals surface area contributed by atoms with Gasteiger partial charge in [0.05, 0.1) is 19.1 Å². The molecular formula is C20H17NO7S. The Morgan fingerprint density at radius 3 is 2.62 bits per heavy atom. The molecule has 0 bridgehead atoms. The number of hydrogen-bond donors (Lipinski definition) is 1. The number of furan rings is 2. The van der Waals surface area contributed by atoms with E-state index < -0.39 is 24.5 Å². The maximum Gasteiger partial charge on any atom is 0.341 e. The number of amides is 1. The molecule has 0 aliphatic rings. The second kappa shape index (κ2) is 9.56. The third-order valence-corrected chi connectivity index (χ3v) is 4.48. The summed E-state index contributed by atoms with van der Waals surface area (Å²) >= 11 is 1.14. The highest BCUT2D eigenvalue weighted by Crippen LogP contribution is 2.36. The van der Waals surface area contributed by atoms with E-state index >= 15 is 0 Å². The Hall–Kier alpha value is -3.59. The van der Waals surface area contributed by atoms with Crippen molar-refractivity contribution in [3.8, 4) is 11.3 Å². The molecule has 8 nitrogen and oxygen atoms in total. The third kappa shape index (κ3) is 5.23. The molecule has 1 N–H and O–H groups in total. The van der Waals surface area contributed by atoms with Crippen LogP contribution in [0.15, 0.2) is 57.1 Å². The van der Waals surface area contributed by atoms with Crippen molar-refractivity contribution < 1.29 is 32.7 Å². The maximum absolute atomic E-state index is 12.4. The van der Waals surface area contributed by atoms with Crippen LogP contribution in [-0.4, -0.2) is 31.1 Å². The summed E-state index contributed by atoms with van der Waals surface area (Å²) in [5.74, 6) is -0.935. The van der Waals surface area contributed by atoms with Crippen LogP contribution in [0.25, 0.3) is 17.4 Å². The van der Waals surface area contributed by atoms with Gasteiger partial charge in [0.2, 0.25) is 0 Å². The number of ether oxygens (including phenoxy) is 2. The first-order valence-electron chi connectivity index (χ1n) is 8.59. The monoisotopic (exact) mass is 415 g/mol. The fourth-order valence-electron chi connectivity index (χ4n) is 2.35. The zero-order valence-electron chi connectivity index (χ0n) is 15.4. The van der Waals surface area contributed by atoms with Crippen LogP contribution in [0.2, 0.25) is 0 Å². The summed E-state index contributed by atoms with van der Waals surface area (Å²) in [6.07, 6.45) is 5.53. The fourth-order valence-corrected chi connectivity index (χ4v) is 3.31.